The molecule has 4 heterocycles. The highest BCUT2D eigenvalue weighted by Gasteiger charge is 2.31. The van der Waals surface area contributed by atoms with Gasteiger partial charge < -0.3 is 0 Å². The second-order valence-corrected chi connectivity index (χ2v) is 25.0. The number of hydrogen-bond donors (Lipinski definition) is 0. The van der Waals surface area contributed by atoms with Gasteiger partial charge in [-0.15, -0.1) is 45.3 Å². The summed E-state index contributed by atoms with van der Waals surface area (Å²) in [6, 6.07) is 14.0. The molecule has 0 saturated heterocycles. The zero-order chi connectivity index (χ0) is 52.7. The number of halogens is 4. The van der Waals surface area contributed by atoms with Crippen LogP contribution in [0.4, 0.5) is 17.6 Å². The Labute approximate surface area is 455 Å². The first-order valence-electron chi connectivity index (χ1n) is 28.2. The zero-order valence-electron chi connectivity index (χ0n) is 44.9. The first kappa shape index (κ1) is 57.7. The molecule has 0 aliphatic heterocycles. The molecule has 4 aromatic heterocycles. The van der Waals surface area contributed by atoms with E-state index < -0.39 is 23.3 Å². The second-order valence-electron chi connectivity index (χ2n) is 20.8. The minimum Gasteiger partial charge on any atom is -0.297 e. The highest BCUT2D eigenvalue weighted by atomic mass is 32.1. The largest absolute Gasteiger partial charge is 0.297 e. The standard InChI is InChI=1S/C64H78F4O2S4/c1-7-13-17-19-21-23-27-43-35-51(71-55(43)39-69)53-37-47-57(59-49(65)31-29-45(61(59)67)33-41(11-5)25-15-9-3)64-48(38-54(74-64)52-36-44(56(40-70)72-52)28-24-22-20-18-14-8-2)58(63(47)73-53)60-50(66)32-30-46(62(60)68)34-42(12-6)26-16-10-4/h29-32,35-42H,7-28,33-34H2,1-6H3. The van der Waals surface area contributed by atoms with Gasteiger partial charge in [-0.3, -0.25) is 9.59 Å². The molecule has 2 nitrogen and oxygen atoms in total. The highest BCUT2D eigenvalue weighted by molar-refractivity contribution is 7.28. The highest BCUT2D eigenvalue weighted by Crippen LogP contribution is 2.55. The summed E-state index contributed by atoms with van der Waals surface area (Å²) in [6.45, 7) is 12.9. The van der Waals surface area contributed by atoms with Crippen LogP contribution in [-0.2, 0) is 25.7 Å². The van der Waals surface area contributed by atoms with Crippen molar-refractivity contribution in [3.8, 4) is 41.8 Å². The Morgan fingerprint density at radius 1 is 0.419 bits per heavy atom. The average molecular weight is 1080 g/mol. The lowest BCUT2D eigenvalue weighted by Crippen LogP contribution is -2.07. The number of carbonyl (C=O) groups excluding carboxylic acids is 2. The fourth-order valence-corrected chi connectivity index (χ4v) is 15.6. The molecule has 0 spiro atoms. The Kier molecular flexibility index (Phi) is 22.2. The minimum atomic E-state index is -0.705. The van der Waals surface area contributed by atoms with Gasteiger partial charge in [0.15, 0.2) is 12.6 Å². The van der Waals surface area contributed by atoms with Gasteiger partial charge >= 0.3 is 0 Å². The summed E-state index contributed by atoms with van der Waals surface area (Å²) in [5.74, 6) is -2.21. The summed E-state index contributed by atoms with van der Waals surface area (Å²) in [6.07, 6.45) is 25.4. The fraction of sp³-hybridized carbons (Fsp3) is 0.500. The van der Waals surface area contributed by atoms with Gasteiger partial charge in [0.25, 0.3) is 0 Å². The molecule has 2 atom stereocenters. The van der Waals surface area contributed by atoms with E-state index >= 15 is 17.6 Å². The smallest absolute Gasteiger partial charge is 0.160 e. The molecule has 0 radical (unpaired) electrons. The van der Waals surface area contributed by atoms with Gasteiger partial charge in [-0.05, 0) is 109 Å². The summed E-state index contributed by atoms with van der Waals surface area (Å²) in [4.78, 5) is 29.8. The number of hydrogen-bond acceptors (Lipinski definition) is 6. The van der Waals surface area contributed by atoms with Gasteiger partial charge in [-0.25, -0.2) is 17.6 Å². The normalized spacial score (nSPS) is 12.7. The Balaban J connectivity index is 1.51. The van der Waals surface area contributed by atoms with Gasteiger partial charge in [-0.1, -0.05) is 169 Å². The second kappa shape index (κ2) is 28.4. The Bertz CT molecular complexity index is 2700. The predicted molar refractivity (Wildman–Crippen MR) is 313 cm³/mol. The number of unbranched alkanes of at least 4 members (excludes halogenated alkanes) is 12. The first-order valence-corrected chi connectivity index (χ1v) is 31.4. The van der Waals surface area contributed by atoms with Gasteiger partial charge in [-0.2, -0.15) is 0 Å². The number of aldehydes is 2. The molecule has 74 heavy (non-hydrogen) atoms. The van der Waals surface area contributed by atoms with Crippen molar-refractivity contribution in [3.05, 3.63) is 104 Å². The molecular weight excluding hydrogens is 1000 g/mol. The molecule has 398 valence electrons. The van der Waals surface area contributed by atoms with E-state index in [1.165, 1.54) is 96.0 Å². The lowest BCUT2D eigenvalue weighted by molar-refractivity contribution is 0.111. The van der Waals surface area contributed by atoms with E-state index in [4.69, 9.17) is 0 Å². The topological polar surface area (TPSA) is 34.1 Å². The maximum atomic E-state index is 17.8. The number of benzene rings is 3. The summed E-state index contributed by atoms with van der Waals surface area (Å²) in [7, 11) is 0. The van der Waals surface area contributed by atoms with Crippen LogP contribution in [0.3, 0.4) is 0 Å². The van der Waals surface area contributed by atoms with Crippen molar-refractivity contribution < 1.29 is 27.2 Å². The molecule has 0 saturated carbocycles. The number of carbonyl (C=O) groups is 2. The van der Waals surface area contributed by atoms with E-state index in [9.17, 15) is 9.59 Å². The summed E-state index contributed by atoms with van der Waals surface area (Å²) in [5, 5.41) is 1.02. The van der Waals surface area contributed by atoms with Crippen LogP contribution in [0.25, 0.3) is 61.9 Å². The van der Waals surface area contributed by atoms with Gasteiger partial charge in [0.05, 0.1) is 20.9 Å². The number of rotatable bonds is 32. The van der Waals surface area contributed by atoms with Crippen LogP contribution in [-0.4, -0.2) is 12.6 Å². The van der Waals surface area contributed by atoms with Crippen molar-refractivity contribution >= 4 is 78.1 Å². The number of thiophene rings is 4. The van der Waals surface area contributed by atoms with Crippen molar-refractivity contribution in [3.63, 3.8) is 0 Å². The maximum absolute atomic E-state index is 17.8. The summed E-state index contributed by atoms with van der Waals surface area (Å²) in [5.41, 5.74) is 3.26. The van der Waals surface area contributed by atoms with Crippen molar-refractivity contribution in [2.45, 2.75) is 196 Å². The maximum Gasteiger partial charge on any atom is 0.160 e. The third kappa shape index (κ3) is 13.6. The fourth-order valence-electron chi connectivity index (χ4n) is 10.9. The van der Waals surface area contributed by atoms with E-state index in [0.29, 0.717) is 65.0 Å². The first-order chi connectivity index (χ1) is 36.0. The van der Waals surface area contributed by atoms with Crippen molar-refractivity contribution in [2.24, 2.45) is 11.8 Å². The van der Waals surface area contributed by atoms with E-state index in [0.717, 1.165) is 146 Å². The zero-order valence-corrected chi connectivity index (χ0v) is 48.1. The van der Waals surface area contributed by atoms with Crippen LogP contribution in [0.2, 0.25) is 0 Å². The van der Waals surface area contributed by atoms with Crippen LogP contribution in [0.15, 0.2) is 48.5 Å². The van der Waals surface area contributed by atoms with Gasteiger partial charge in [0.2, 0.25) is 0 Å². The number of aryl methyl sites for hydroxylation is 2. The molecule has 0 aliphatic rings. The van der Waals surface area contributed by atoms with Crippen LogP contribution < -0.4 is 0 Å². The monoisotopic (exact) mass is 1080 g/mol. The number of fused-ring (bicyclic) bond motifs is 2. The third-order valence-electron chi connectivity index (χ3n) is 15.4. The van der Waals surface area contributed by atoms with Crippen molar-refractivity contribution in [1.29, 1.82) is 0 Å². The minimum absolute atomic E-state index is 0.143. The SMILES string of the molecule is CCCCCCCCc1cc(-c2cc3c(-c4c(F)ccc(CC(CC)CCCC)c4F)c4sc(-c5cc(CCCCCCCC)c(C=O)s5)cc4c(-c4c(F)ccc(CC(CC)CCCC)c4F)c3s2)sc1C=O. The van der Waals surface area contributed by atoms with E-state index in [2.05, 4.69) is 53.7 Å². The molecule has 0 N–H and O–H groups in total. The molecule has 7 aromatic rings. The van der Waals surface area contributed by atoms with E-state index in [1.54, 1.807) is 12.1 Å². The molecule has 7 rings (SSSR count). The molecule has 0 bridgehead atoms. The van der Waals surface area contributed by atoms with Crippen molar-refractivity contribution in [2.75, 3.05) is 0 Å². The molecular formula is C64H78F4O2S4. The summed E-state index contributed by atoms with van der Waals surface area (Å²) >= 11 is 5.52. The molecule has 0 aliphatic carbocycles. The van der Waals surface area contributed by atoms with Crippen molar-refractivity contribution in [1.82, 2.24) is 0 Å². The van der Waals surface area contributed by atoms with E-state index in [1.807, 2.05) is 12.1 Å². The van der Waals surface area contributed by atoms with Crippen LogP contribution in [0.1, 0.15) is 212 Å². The Morgan fingerprint density at radius 3 is 1.15 bits per heavy atom. The summed E-state index contributed by atoms with van der Waals surface area (Å²) < 4.78 is 70.9. The van der Waals surface area contributed by atoms with Gasteiger partial charge in [0.1, 0.15) is 23.3 Å². The third-order valence-corrected chi connectivity index (χ3v) is 20.3. The Morgan fingerprint density at radius 2 is 0.784 bits per heavy atom. The predicted octanol–water partition coefficient (Wildman–Crippen LogP) is 22.4. The molecule has 0 fully saturated rings. The van der Waals surface area contributed by atoms with Crippen LogP contribution in [0, 0.1) is 35.1 Å². The lowest BCUT2D eigenvalue weighted by atomic mass is 9.87. The lowest BCUT2D eigenvalue weighted by Gasteiger charge is -2.19. The van der Waals surface area contributed by atoms with Gasteiger partial charge in [0, 0.05) is 50.8 Å². The average Bonchev–Trinajstić information content (AvgIpc) is 4.24. The van der Waals surface area contributed by atoms with E-state index in [-0.39, 0.29) is 23.0 Å². The van der Waals surface area contributed by atoms with Crippen LogP contribution in [0.5, 0.6) is 0 Å². The Hall–Kier alpha value is -3.96. The molecule has 10 heteroatoms. The molecule has 2 unspecified atom stereocenters. The van der Waals surface area contributed by atoms with Crippen LogP contribution >= 0.6 is 45.3 Å². The molecule has 0 amide bonds. The molecule has 3 aromatic carbocycles. The quantitative estimate of drug-likeness (QED) is 0.0239.